The van der Waals surface area contributed by atoms with Gasteiger partial charge in [0, 0.05) is 11.3 Å². The van der Waals surface area contributed by atoms with Gasteiger partial charge in [0.15, 0.2) is 0 Å². The maximum absolute atomic E-state index is 12.1. The van der Waals surface area contributed by atoms with Crippen molar-refractivity contribution in [3.8, 4) is 0 Å². The predicted molar refractivity (Wildman–Crippen MR) is 76.9 cm³/mol. The van der Waals surface area contributed by atoms with E-state index in [1.807, 2.05) is 25.1 Å². The van der Waals surface area contributed by atoms with Gasteiger partial charge in [-0.25, -0.2) is 4.79 Å². The van der Waals surface area contributed by atoms with Crippen molar-refractivity contribution in [1.82, 2.24) is 0 Å². The highest BCUT2D eigenvalue weighted by atomic mass is 16.5. The van der Waals surface area contributed by atoms with Crippen molar-refractivity contribution in [1.29, 1.82) is 0 Å². The van der Waals surface area contributed by atoms with Crippen LogP contribution in [0.1, 0.15) is 26.3 Å². The molecule has 2 aromatic rings. The molecule has 0 aliphatic carbocycles. The quantitative estimate of drug-likeness (QED) is 0.871. The lowest BCUT2D eigenvalue weighted by molar-refractivity contribution is 0.0600. The Balaban J connectivity index is 2.13. The second kappa shape index (κ2) is 6.02. The zero-order valence-corrected chi connectivity index (χ0v) is 11.3. The van der Waals surface area contributed by atoms with Gasteiger partial charge < -0.3 is 10.1 Å². The Morgan fingerprint density at radius 1 is 1.00 bits per heavy atom. The Morgan fingerprint density at radius 2 is 1.65 bits per heavy atom. The molecule has 0 aliphatic rings. The number of ether oxygens (including phenoxy) is 1. The van der Waals surface area contributed by atoms with Crippen LogP contribution < -0.4 is 5.32 Å². The number of hydrogen-bond donors (Lipinski definition) is 1. The van der Waals surface area contributed by atoms with Crippen LogP contribution >= 0.6 is 0 Å². The van der Waals surface area contributed by atoms with Crippen molar-refractivity contribution < 1.29 is 14.3 Å². The standard InChI is InChI=1S/C16H15NO3/c1-11-5-3-4-6-14(11)15(18)17-13-9-7-12(8-10-13)16(19)20-2/h3-10H,1-2H3,(H,17,18). The topological polar surface area (TPSA) is 55.4 Å². The fourth-order valence-electron chi connectivity index (χ4n) is 1.83. The predicted octanol–water partition coefficient (Wildman–Crippen LogP) is 3.03. The minimum Gasteiger partial charge on any atom is -0.465 e. The maximum Gasteiger partial charge on any atom is 0.337 e. The molecule has 0 saturated carbocycles. The highest BCUT2D eigenvalue weighted by Crippen LogP contribution is 2.13. The Labute approximate surface area is 117 Å². The van der Waals surface area contributed by atoms with Gasteiger partial charge in [0.1, 0.15) is 0 Å². The first-order chi connectivity index (χ1) is 9.61. The van der Waals surface area contributed by atoms with Crippen LogP contribution in [-0.2, 0) is 4.74 Å². The zero-order valence-electron chi connectivity index (χ0n) is 11.3. The van der Waals surface area contributed by atoms with E-state index in [1.54, 1.807) is 30.3 Å². The molecule has 1 amide bonds. The highest BCUT2D eigenvalue weighted by Gasteiger charge is 2.09. The molecule has 0 unspecified atom stereocenters. The summed E-state index contributed by atoms with van der Waals surface area (Å²) < 4.78 is 4.62. The first-order valence-electron chi connectivity index (χ1n) is 6.17. The van der Waals surface area contributed by atoms with Crippen LogP contribution in [0.3, 0.4) is 0 Å². The Bertz CT molecular complexity index is 632. The second-order valence-electron chi connectivity index (χ2n) is 4.34. The first kappa shape index (κ1) is 13.8. The summed E-state index contributed by atoms with van der Waals surface area (Å²) in [6.07, 6.45) is 0. The molecule has 102 valence electrons. The molecular formula is C16H15NO3. The van der Waals surface area contributed by atoms with E-state index in [1.165, 1.54) is 7.11 Å². The molecule has 0 atom stereocenters. The lowest BCUT2D eigenvalue weighted by Crippen LogP contribution is -2.13. The van der Waals surface area contributed by atoms with Gasteiger partial charge >= 0.3 is 5.97 Å². The minimum absolute atomic E-state index is 0.172. The molecule has 2 aromatic carbocycles. The number of carbonyl (C=O) groups is 2. The van der Waals surface area contributed by atoms with Gasteiger partial charge in [-0.15, -0.1) is 0 Å². The van der Waals surface area contributed by atoms with Crippen LogP contribution in [0.2, 0.25) is 0 Å². The summed E-state index contributed by atoms with van der Waals surface area (Å²) in [4.78, 5) is 23.4. The molecule has 4 heteroatoms. The van der Waals surface area contributed by atoms with Crippen molar-refractivity contribution in [2.45, 2.75) is 6.92 Å². The number of esters is 1. The molecule has 0 heterocycles. The van der Waals surface area contributed by atoms with E-state index >= 15 is 0 Å². The SMILES string of the molecule is COC(=O)c1ccc(NC(=O)c2ccccc2C)cc1. The molecule has 0 radical (unpaired) electrons. The van der Waals surface area contributed by atoms with Gasteiger partial charge in [-0.3, -0.25) is 4.79 Å². The number of amides is 1. The van der Waals surface area contributed by atoms with E-state index in [2.05, 4.69) is 10.1 Å². The van der Waals surface area contributed by atoms with Crippen LogP contribution in [0, 0.1) is 6.92 Å². The molecule has 0 saturated heterocycles. The number of hydrogen-bond acceptors (Lipinski definition) is 3. The van der Waals surface area contributed by atoms with E-state index in [-0.39, 0.29) is 5.91 Å². The third kappa shape index (κ3) is 3.03. The molecule has 1 N–H and O–H groups in total. The monoisotopic (exact) mass is 269 g/mol. The van der Waals surface area contributed by atoms with Gasteiger partial charge in [0.05, 0.1) is 12.7 Å². The summed E-state index contributed by atoms with van der Waals surface area (Å²) >= 11 is 0. The third-order valence-electron chi connectivity index (χ3n) is 2.95. The smallest absolute Gasteiger partial charge is 0.337 e. The number of nitrogens with one attached hydrogen (secondary N) is 1. The molecule has 0 bridgehead atoms. The molecule has 0 aliphatic heterocycles. The molecule has 4 nitrogen and oxygen atoms in total. The largest absolute Gasteiger partial charge is 0.465 e. The average Bonchev–Trinajstić information content (AvgIpc) is 2.47. The Morgan fingerprint density at radius 3 is 2.25 bits per heavy atom. The fraction of sp³-hybridized carbons (Fsp3) is 0.125. The normalized spacial score (nSPS) is 9.90. The van der Waals surface area contributed by atoms with Crippen molar-refractivity contribution in [3.05, 3.63) is 65.2 Å². The van der Waals surface area contributed by atoms with Crippen molar-refractivity contribution in [2.24, 2.45) is 0 Å². The molecule has 0 aromatic heterocycles. The second-order valence-corrected chi connectivity index (χ2v) is 4.34. The van der Waals surface area contributed by atoms with Crippen LogP contribution in [0.25, 0.3) is 0 Å². The van der Waals surface area contributed by atoms with Crippen molar-refractivity contribution in [2.75, 3.05) is 12.4 Å². The van der Waals surface area contributed by atoms with Crippen LogP contribution in [0.15, 0.2) is 48.5 Å². The highest BCUT2D eigenvalue weighted by molar-refractivity contribution is 6.05. The summed E-state index contributed by atoms with van der Waals surface area (Å²) in [5.41, 5.74) is 2.62. The van der Waals surface area contributed by atoms with E-state index < -0.39 is 5.97 Å². The van der Waals surface area contributed by atoms with Gasteiger partial charge in [-0.1, -0.05) is 18.2 Å². The molecule has 20 heavy (non-hydrogen) atoms. The lowest BCUT2D eigenvalue weighted by Gasteiger charge is -2.08. The van der Waals surface area contributed by atoms with Gasteiger partial charge in [0.2, 0.25) is 0 Å². The van der Waals surface area contributed by atoms with E-state index in [4.69, 9.17) is 0 Å². The summed E-state index contributed by atoms with van der Waals surface area (Å²) in [5.74, 6) is -0.573. The minimum atomic E-state index is -0.401. The van der Waals surface area contributed by atoms with Crippen molar-refractivity contribution in [3.63, 3.8) is 0 Å². The number of methoxy groups -OCH3 is 1. The molecule has 0 spiro atoms. The number of benzene rings is 2. The molecule has 0 fully saturated rings. The third-order valence-corrected chi connectivity index (χ3v) is 2.95. The number of carbonyl (C=O) groups excluding carboxylic acids is 2. The Hall–Kier alpha value is -2.62. The van der Waals surface area contributed by atoms with Crippen molar-refractivity contribution >= 4 is 17.6 Å². The first-order valence-corrected chi connectivity index (χ1v) is 6.17. The summed E-state index contributed by atoms with van der Waals surface area (Å²) in [6.45, 7) is 1.88. The summed E-state index contributed by atoms with van der Waals surface area (Å²) in [7, 11) is 1.33. The van der Waals surface area contributed by atoms with Gasteiger partial charge in [-0.05, 0) is 42.8 Å². The summed E-state index contributed by atoms with van der Waals surface area (Å²) in [6, 6.07) is 13.9. The van der Waals surface area contributed by atoms with E-state index in [9.17, 15) is 9.59 Å². The zero-order chi connectivity index (χ0) is 14.5. The molecular weight excluding hydrogens is 254 g/mol. The van der Waals surface area contributed by atoms with Gasteiger partial charge in [0.25, 0.3) is 5.91 Å². The number of aryl methyl sites for hydroxylation is 1. The fourth-order valence-corrected chi connectivity index (χ4v) is 1.83. The lowest BCUT2D eigenvalue weighted by atomic mass is 10.1. The van der Waals surface area contributed by atoms with Gasteiger partial charge in [-0.2, -0.15) is 0 Å². The van der Waals surface area contributed by atoms with Crippen LogP contribution in [0.4, 0.5) is 5.69 Å². The average molecular weight is 269 g/mol. The Kier molecular flexibility index (Phi) is 4.15. The summed E-state index contributed by atoms with van der Waals surface area (Å²) in [5, 5.41) is 2.79. The number of anilines is 1. The van der Waals surface area contributed by atoms with Crippen LogP contribution in [-0.4, -0.2) is 19.0 Å². The number of rotatable bonds is 3. The van der Waals surface area contributed by atoms with E-state index in [0.717, 1.165) is 5.56 Å². The maximum atomic E-state index is 12.1. The van der Waals surface area contributed by atoms with Crippen LogP contribution in [0.5, 0.6) is 0 Å². The molecule has 2 rings (SSSR count). The van der Waals surface area contributed by atoms with E-state index in [0.29, 0.717) is 16.8 Å².